The van der Waals surface area contributed by atoms with E-state index in [4.69, 9.17) is 9.47 Å². The molecule has 4 heteroatoms. The summed E-state index contributed by atoms with van der Waals surface area (Å²) in [6.45, 7) is 3.53. The van der Waals surface area contributed by atoms with Crippen LogP contribution in [0.1, 0.15) is 70.3 Å². The summed E-state index contributed by atoms with van der Waals surface area (Å²) in [5, 5.41) is 10.4. The average molecular weight is 365 g/mol. The molecule has 0 aromatic heterocycles. The van der Waals surface area contributed by atoms with Crippen LogP contribution in [0.4, 0.5) is 0 Å². The topological polar surface area (TPSA) is 55.8 Å². The molecule has 0 spiro atoms. The molecule has 0 fully saturated rings. The number of esters is 1. The Labute approximate surface area is 158 Å². The lowest BCUT2D eigenvalue weighted by atomic mass is 9.92. The molecule has 0 bridgehead atoms. The number of benzene rings is 1. The quantitative estimate of drug-likeness (QED) is 0.356. The number of methoxy groups -OCH3 is 1. The molecular weight excluding hydrogens is 328 g/mol. The molecule has 1 aromatic carbocycles. The molecule has 0 saturated heterocycles. The Hall–Kier alpha value is -1.39. The van der Waals surface area contributed by atoms with Gasteiger partial charge in [-0.25, -0.2) is 0 Å². The number of rotatable bonds is 15. The zero-order valence-corrected chi connectivity index (χ0v) is 16.5. The third-order valence-corrected chi connectivity index (χ3v) is 4.74. The number of carbonyl (C=O) groups excluding carboxylic acids is 1. The van der Waals surface area contributed by atoms with Gasteiger partial charge in [0.2, 0.25) is 0 Å². The van der Waals surface area contributed by atoms with Crippen molar-refractivity contribution in [1.29, 1.82) is 0 Å². The van der Waals surface area contributed by atoms with Crippen molar-refractivity contribution in [3.05, 3.63) is 35.9 Å². The van der Waals surface area contributed by atoms with Gasteiger partial charge in [-0.1, -0.05) is 75.8 Å². The predicted octanol–water partition coefficient (Wildman–Crippen LogP) is 4.88. The fourth-order valence-corrected chi connectivity index (χ4v) is 3.11. The second-order valence-corrected chi connectivity index (χ2v) is 6.93. The van der Waals surface area contributed by atoms with Crippen molar-refractivity contribution in [2.24, 2.45) is 5.92 Å². The van der Waals surface area contributed by atoms with Gasteiger partial charge >= 0.3 is 5.97 Å². The van der Waals surface area contributed by atoms with Crippen molar-refractivity contribution in [2.75, 3.05) is 13.7 Å². The molecule has 2 unspecified atom stereocenters. The Morgan fingerprint density at radius 2 is 1.69 bits per heavy atom. The van der Waals surface area contributed by atoms with Crippen LogP contribution in [-0.2, 0) is 20.9 Å². The summed E-state index contributed by atoms with van der Waals surface area (Å²) in [5.41, 5.74) is 1.19. The molecule has 0 radical (unpaired) electrons. The molecule has 0 aliphatic rings. The van der Waals surface area contributed by atoms with Crippen molar-refractivity contribution in [1.82, 2.24) is 0 Å². The fourth-order valence-electron chi connectivity index (χ4n) is 3.11. The Morgan fingerprint density at radius 1 is 1.00 bits per heavy atom. The maximum absolute atomic E-state index is 11.9. The Balaban J connectivity index is 2.14. The largest absolute Gasteiger partial charge is 0.469 e. The zero-order valence-electron chi connectivity index (χ0n) is 16.5. The highest BCUT2D eigenvalue weighted by molar-refractivity contribution is 5.72. The van der Waals surface area contributed by atoms with Gasteiger partial charge < -0.3 is 14.6 Å². The van der Waals surface area contributed by atoms with Crippen molar-refractivity contribution < 1.29 is 19.4 Å². The molecule has 0 amide bonds. The number of aliphatic hydroxyl groups excluding tert-OH is 1. The van der Waals surface area contributed by atoms with Crippen LogP contribution in [0.15, 0.2) is 30.3 Å². The third-order valence-electron chi connectivity index (χ3n) is 4.74. The molecular formula is C22H36O4. The minimum Gasteiger partial charge on any atom is -0.469 e. The lowest BCUT2D eigenvalue weighted by Gasteiger charge is -2.20. The smallest absolute Gasteiger partial charge is 0.311 e. The Kier molecular flexibility index (Phi) is 12.8. The van der Waals surface area contributed by atoms with E-state index >= 15 is 0 Å². The van der Waals surface area contributed by atoms with E-state index in [1.807, 2.05) is 18.2 Å². The molecule has 0 heterocycles. The molecule has 4 nitrogen and oxygen atoms in total. The van der Waals surface area contributed by atoms with Crippen LogP contribution in [0.2, 0.25) is 0 Å². The van der Waals surface area contributed by atoms with Crippen LogP contribution < -0.4 is 0 Å². The van der Waals surface area contributed by atoms with Gasteiger partial charge in [-0.15, -0.1) is 0 Å². The third kappa shape index (κ3) is 9.93. The van der Waals surface area contributed by atoms with Crippen molar-refractivity contribution in [3.63, 3.8) is 0 Å². The average Bonchev–Trinajstić information content (AvgIpc) is 2.67. The number of hydrogen-bond donors (Lipinski definition) is 1. The molecule has 0 saturated carbocycles. The molecule has 0 aliphatic carbocycles. The van der Waals surface area contributed by atoms with Gasteiger partial charge in [-0.05, 0) is 24.8 Å². The first-order chi connectivity index (χ1) is 12.7. The maximum atomic E-state index is 11.9. The van der Waals surface area contributed by atoms with Gasteiger partial charge in [0.1, 0.15) is 0 Å². The van der Waals surface area contributed by atoms with Gasteiger partial charge in [0.15, 0.2) is 0 Å². The molecule has 1 N–H and O–H groups in total. The monoisotopic (exact) mass is 364 g/mol. The van der Waals surface area contributed by atoms with E-state index in [2.05, 4.69) is 19.1 Å². The first-order valence-electron chi connectivity index (χ1n) is 10.1. The summed E-state index contributed by atoms with van der Waals surface area (Å²) < 4.78 is 10.5. The van der Waals surface area contributed by atoms with Crippen LogP contribution in [-0.4, -0.2) is 30.9 Å². The number of carbonyl (C=O) groups is 1. The van der Waals surface area contributed by atoms with Gasteiger partial charge in [-0.2, -0.15) is 0 Å². The lowest BCUT2D eigenvalue weighted by Crippen LogP contribution is -2.29. The van der Waals surface area contributed by atoms with E-state index in [0.29, 0.717) is 19.4 Å². The van der Waals surface area contributed by atoms with Crippen LogP contribution in [0.25, 0.3) is 0 Å². The van der Waals surface area contributed by atoms with E-state index in [-0.39, 0.29) is 11.9 Å². The number of ether oxygens (including phenoxy) is 2. The van der Waals surface area contributed by atoms with E-state index in [1.54, 1.807) is 0 Å². The van der Waals surface area contributed by atoms with Crippen molar-refractivity contribution >= 4 is 5.97 Å². The summed E-state index contributed by atoms with van der Waals surface area (Å²) >= 11 is 0. The summed E-state index contributed by atoms with van der Waals surface area (Å²) in [6.07, 6.45) is 8.04. The number of aliphatic hydroxyl groups is 1. The Bertz CT molecular complexity index is 460. The highest BCUT2D eigenvalue weighted by atomic mass is 16.5. The summed E-state index contributed by atoms with van der Waals surface area (Å²) in [4.78, 5) is 11.9. The summed E-state index contributed by atoms with van der Waals surface area (Å²) in [5.74, 6) is -0.661. The molecule has 148 valence electrons. The highest BCUT2D eigenvalue weighted by Gasteiger charge is 2.26. The minimum absolute atomic E-state index is 0.278. The van der Waals surface area contributed by atoms with Gasteiger partial charge in [0.05, 0.1) is 25.7 Å². The van der Waals surface area contributed by atoms with E-state index in [1.165, 1.54) is 19.1 Å². The zero-order chi connectivity index (χ0) is 19.0. The minimum atomic E-state index is -0.602. The standard InChI is InChI=1S/C22H36O4/c1-3-4-5-10-15-20(22(24)25-2)21(23)16-11-7-12-17-26-18-19-13-8-6-9-14-19/h6,8-9,13-14,20-21,23H,3-5,7,10-12,15-18H2,1-2H3. The van der Waals surface area contributed by atoms with Crippen LogP contribution >= 0.6 is 0 Å². The van der Waals surface area contributed by atoms with E-state index in [0.717, 1.165) is 45.1 Å². The predicted molar refractivity (Wildman–Crippen MR) is 105 cm³/mol. The van der Waals surface area contributed by atoms with Crippen molar-refractivity contribution in [3.8, 4) is 0 Å². The maximum Gasteiger partial charge on any atom is 0.311 e. The van der Waals surface area contributed by atoms with E-state index in [9.17, 15) is 9.90 Å². The molecule has 26 heavy (non-hydrogen) atoms. The van der Waals surface area contributed by atoms with Crippen LogP contribution in [0, 0.1) is 5.92 Å². The summed E-state index contributed by atoms with van der Waals surface area (Å²) in [6, 6.07) is 10.1. The fraction of sp³-hybridized carbons (Fsp3) is 0.682. The van der Waals surface area contributed by atoms with Crippen LogP contribution in [0.5, 0.6) is 0 Å². The first-order valence-corrected chi connectivity index (χ1v) is 10.1. The lowest BCUT2D eigenvalue weighted by molar-refractivity contribution is -0.150. The van der Waals surface area contributed by atoms with Gasteiger partial charge in [0.25, 0.3) is 0 Å². The highest BCUT2D eigenvalue weighted by Crippen LogP contribution is 2.20. The molecule has 2 atom stereocenters. The Morgan fingerprint density at radius 3 is 2.38 bits per heavy atom. The van der Waals surface area contributed by atoms with Crippen LogP contribution in [0.3, 0.4) is 0 Å². The number of unbranched alkanes of at least 4 members (excludes halogenated alkanes) is 5. The molecule has 0 aliphatic heterocycles. The van der Waals surface area contributed by atoms with E-state index < -0.39 is 6.10 Å². The first kappa shape index (κ1) is 22.7. The normalized spacial score (nSPS) is 13.3. The molecule has 1 aromatic rings. The molecule has 1 rings (SSSR count). The second kappa shape index (κ2) is 14.7. The number of hydrogen-bond acceptors (Lipinski definition) is 4. The van der Waals surface area contributed by atoms with Gasteiger partial charge in [-0.3, -0.25) is 4.79 Å². The summed E-state index contributed by atoms with van der Waals surface area (Å²) in [7, 11) is 1.40. The van der Waals surface area contributed by atoms with Crippen molar-refractivity contribution in [2.45, 2.75) is 77.4 Å². The SMILES string of the molecule is CCCCCCC(C(=O)OC)C(O)CCCCCOCc1ccccc1. The van der Waals surface area contributed by atoms with Gasteiger partial charge in [0, 0.05) is 6.61 Å². The second-order valence-electron chi connectivity index (χ2n) is 6.93.